The van der Waals surface area contributed by atoms with Crippen LogP contribution in [-0.2, 0) is 0 Å². The molecule has 1 aromatic heterocycles. The van der Waals surface area contributed by atoms with Crippen molar-refractivity contribution in [1.82, 2.24) is 9.88 Å². The third-order valence-corrected chi connectivity index (χ3v) is 1.76. The van der Waals surface area contributed by atoms with E-state index in [2.05, 4.69) is 4.98 Å². The van der Waals surface area contributed by atoms with Crippen LogP contribution in [0.25, 0.3) is 0 Å². The van der Waals surface area contributed by atoms with E-state index in [1.807, 2.05) is 0 Å². The number of nitrogens with zero attached hydrogens (tertiary/aromatic N) is 2. The van der Waals surface area contributed by atoms with Crippen LogP contribution in [0.15, 0.2) is 18.3 Å². The molecule has 0 saturated heterocycles. The first-order chi connectivity index (χ1) is 6.65. The number of pyridine rings is 1. The Morgan fingerprint density at radius 1 is 1.64 bits per heavy atom. The predicted octanol–water partition coefficient (Wildman–Crippen LogP) is 0.285. The van der Waals surface area contributed by atoms with Crippen LogP contribution < -0.4 is 0 Å². The van der Waals surface area contributed by atoms with E-state index in [1.165, 1.54) is 17.2 Å². The first-order valence-corrected chi connectivity index (χ1v) is 4.13. The topological polar surface area (TPSA) is 53.4 Å². The highest BCUT2D eigenvalue weighted by Gasteiger charge is 2.10. The lowest BCUT2D eigenvalue weighted by atomic mass is 10.2. The van der Waals surface area contributed by atoms with Crippen molar-refractivity contribution in [1.29, 1.82) is 0 Å². The summed E-state index contributed by atoms with van der Waals surface area (Å²) in [5.41, 5.74) is 0.308. The molecule has 0 atom stereocenters. The summed E-state index contributed by atoms with van der Waals surface area (Å²) in [6, 6.07) is 2.48. The number of aliphatic hydroxyl groups excluding tert-OH is 1. The zero-order chi connectivity index (χ0) is 10.6. The second-order valence-corrected chi connectivity index (χ2v) is 2.82. The fourth-order valence-electron chi connectivity index (χ4n) is 0.974. The predicted molar refractivity (Wildman–Crippen MR) is 48.2 cm³/mol. The molecule has 1 rings (SSSR count). The molecule has 0 unspecified atom stereocenters. The Hall–Kier alpha value is -1.49. The molecule has 0 bridgehead atoms. The monoisotopic (exact) mass is 198 g/mol. The average molecular weight is 198 g/mol. The van der Waals surface area contributed by atoms with Crippen LogP contribution >= 0.6 is 0 Å². The Morgan fingerprint density at radius 2 is 2.36 bits per heavy atom. The largest absolute Gasteiger partial charge is 0.395 e. The van der Waals surface area contributed by atoms with Crippen molar-refractivity contribution in [2.45, 2.75) is 0 Å². The molecule has 0 aliphatic rings. The molecule has 76 valence electrons. The zero-order valence-corrected chi connectivity index (χ0v) is 7.77. The van der Waals surface area contributed by atoms with Gasteiger partial charge >= 0.3 is 0 Å². The molecule has 0 saturated carbocycles. The Balaban J connectivity index is 2.74. The van der Waals surface area contributed by atoms with Crippen molar-refractivity contribution in [2.24, 2.45) is 0 Å². The van der Waals surface area contributed by atoms with Gasteiger partial charge in [0.15, 0.2) is 0 Å². The summed E-state index contributed by atoms with van der Waals surface area (Å²) >= 11 is 0. The minimum atomic E-state index is -0.619. The quantitative estimate of drug-likeness (QED) is 0.710. The second-order valence-electron chi connectivity index (χ2n) is 2.82. The van der Waals surface area contributed by atoms with Crippen molar-refractivity contribution >= 4 is 5.91 Å². The third kappa shape index (κ3) is 2.50. The summed E-state index contributed by atoms with van der Waals surface area (Å²) in [5.74, 6) is -0.905. The molecule has 0 spiro atoms. The van der Waals surface area contributed by atoms with Gasteiger partial charge in [0.05, 0.1) is 12.2 Å². The molecule has 5 heteroatoms. The van der Waals surface area contributed by atoms with Crippen LogP contribution in [0, 0.1) is 5.95 Å². The van der Waals surface area contributed by atoms with Gasteiger partial charge in [-0.3, -0.25) is 4.79 Å². The molecule has 14 heavy (non-hydrogen) atoms. The first-order valence-electron chi connectivity index (χ1n) is 4.13. The number of rotatable bonds is 3. The van der Waals surface area contributed by atoms with Crippen LogP contribution in [-0.4, -0.2) is 41.1 Å². The van der Waals surface area contributed by atoms with Gasteiger partial charge in [0.25, 0.3) is 5.91 Å². The van der Waals surface area contributed by atoms with E-state index in [4.69, 9.17) is 5.11 Å². The Kier molecular flexibility index (Phi) is 3.53. The average Bonchev–Trinajstić information content (AvgIpc) is 2.18. The zero-order valence-electron chi connectivity index (χ0n) is 7.77. The third-order valence-electron chi connectivity index (χ3n) is 1.76. The summed E-state index contributed by atoms with van der Waals surface area (Å²) in [6.07, 6.45) is 1.17. The summed E-state index contributed by atoms with van der Waals surface area (Å²) in [4.78, 5) is 16.2. The molecule has 4 nitrogen and oxygen atoms in total. The number of carbonyl (C=O) groups excluding carboxylic acids is 1. The SMILES string of the molecule is CN(CCO)C(=O)c1ccc(F)nc1. The first kappa shape index (κ1) is 10.6. The highest BCUT2D eigenvalue weighted by molar-refractivity contribution is 5.93. The lowest BCUT2D eigenvalue weighted by Gasteiger charge is -2.14. The molecule has 0 fully saturated rings. The van der Waals surface area contributed by atoms with Crippen LogP contribution in [0.3, 0.4) is 0 Å². The number of likely N-dealkylation sites (N-methyl/N-ethyl adjacent to an activating group) is 1. The summed E-state index contributed by atoms with van der Waals surface area (Å²) in [7, 11) is 1.56. The number of aliphatic hydroxyl groups is 1. The molecule has 0 radical (unpaired) electrons. The molecule has 1 N–H and O–H groups in total. The van der Waals surface area contributed by atoms with Crippen LogP contribution in [0.1, 0.15) is 10.4 Å². The van der Waals surface area contributed by atoms with Gasteiger partial charge in [-0.1, -0.05) is 0 Å². The van der Waals surface area contributed by atoms with E-state index in [0.717, 1.165) is 6.07 Å². The van der Waals surface area contributed by atoms with E-state index < -0.39 is 5.95 Å². The van der Waals surface area contributed by atoms with Gasteiger partial charge in [-0.15, -0.1) is 0 Å². The van der Waals surface area contributed by atoms with Gasteiger partial charge in [0, 0.05) is 19.8 Å². The molecule has 1 amide bonds. The molecule has 0 aliphatic heterocycles. The minimum absolute atomic E-state index is 0.100. The minimum Gasteiger partial charge on any atom is -0.395 e. The number of amides is 1. The fraction of sp³-hybridized carbons (Fsp3) is 0.333. The van der Waals surface area contributed by atoms with Crippen molar-refractivity contribution in [2.75, 3.05) is 20.2 Å². The van der Waals surface area contributed by atoms with Gasteiger partial charge in [-0.05, 0) is 12.1 Å². The van der Waals surface area contributed by atoms with E-state index in [9.17, 15) is 9.18 Å². The molecule has 1 heterocycles. The van der Waals surface area contributed by atoms with E-state index in [0.29, 0.717) is 5.56 Å². The Labute approximate surface area is 81.0 Å². The van der Waals surface area contributed by atoms with Crippen molar-refractivity contribution in [3.8, 4) is 0 Å². The number of aromatic nitrogens is 1. The van der Waals surface area contributed by atoms with Crippen LogP contribution in [0.2, 0.25) is 0 Å². The summed E-state index contributed by atoms with van der Waals surface area (Å²) in [5, 5.41) is 8.61. The van der Waals surface area contributed by atoms with Crippen molar-refractivity contribution in [3.63, 3.8) is 0 Å². The molecular weight excluding hydrogens is 187 g/mol. The summed E-state index contributed by atoms with van der Waals surface area (Å²) < 4.78 is 12.4. The Bertz CT molecular complexity index is 313. The number of hydrogen-bond donors (Lipinski definition) is 1. The van der Waals surface area contributed by atoms with Gasteiger partial charge in [0.1, 0.15) is 0 Å². The number of halogens is 1. The van der Waals surface area contributed by atoms with Crippen LogP contribution in [0.4, 0.5) is 4.39 Å². The number of hydrogen-bond acceptors (Lipinski definition) is 3. The Morgan fingerprint density at radius 3 is 2.86 bits per heavy atom. The van der Waals surface area contributed by atoms with Crippen molar-refractivity contribution < 1.29 is 14.3 Å². The molecule has 0 aromatic carbocycles. The summed E-state index contributed by atoms with van der Waals surface area (Å²) in [6.45, 7) is 0.146. The lowest BCUT2D eigenvalue weighted by molar-refractivity contribution is 0.0766. The van der Waals surface area contributed by atoms with Gasteiger partial charge in [-0.2, -0.15) is 4.39 Å². The maximum atomic E-state index is 12.4. The highest BCUT2D eigenvalue weighted by Crippen LogP contribution is 2.02. The standard InChI is InChI=1S/C9H11FN2O2/c1-12(4-5-13)9(14)7-2-3-8(10)11-6-7/h2-3,6,13H,4-5H2,1H3. The van der Waals surface area contributed by atoms with Crippen molar-refractivity contribution in [3.05, 3.63) is 29.8 Å². The molecular formula is C9H11FN2O2. The lowest BCUT2D eigenvalue weighted by Crippen LogP contribution is -2.29. The smallest absolute Gasteiger partial charge is 0.255 e. The maximum Gasteiger partial charge on any atom is 0.255 e. The van der Waals surface area contributed by atoms with E-state index >= 15 is 0 Å². The van der Waals surface area contributed by atoms with Crippen LogP contribution in [0.5, 0.6) is 0 Å². The normalized spacial score (nSPS) is 9.93. The molecule has 0 aliphatic carbocycles. The number of carbonyl (C=O) groups is 1. The second kappa shape index (κ2) is 4.66. The van der Waals surface area contributed by atoms with Gasteiger partial charge < -0.3 is 10.0 Å². The van der Waals surface area contributed by atoms with Gasteiger partial charge in [0.2, 0.25) is 5.95 Å². The molecule has 1 aromatic rings. The fourth-order valence-corrected chi connectivity index (χ4v) is 0.974. The maximum absolute atomic E-state index is 12.4. The highest BCUT2D eigenvalue weighted by atomic mass is 19.1. The van der Waals surface area contributed by atoms with E-state index in [1.54, 1.807) is 7.05 Å². The van der Waals surface area contributed by atoms with Gasteiger partial charge in [-0.25, -0.2) is 4.98 Å². The van der Waals surface area contributed by atoms with E-state index in [-0.39, 0.29) is 19.1 Å².